The van der Waals surface area contributed by atoms with Gasteiger partial charge >= 0.3 is 5.37 Å². The van der Waals surface area contributed by atoms with Crippen LogP contribution >= 0.6 is 11.6 Å². The van der Waals surface area contributed by atoms with E-state index in [1.807, 2.05) is 0 Å². The maximum absolute atomic E-state index is 10.5. The summed E-state index contributed by atoms with van der Waals surface area (Å²) in [6, 6.07) is 8.83. The first-order chi connectivity index (χ1) is 8.75. The van der Waals surface area contributed by atoms with Crippen LogP contribution in [0.4, 0.5) is 4.79 Å². The number of amides is 1. The SMILES string of the molecule is O=C(Cl)NCCc1ccc(C2CCCCC2)cc1. The van der Waals surface area contributed by atoms with Crippen molar-refractivity contribution in [2.45, 2.75) is 44.4 Å². The third-order valence-electron chi connectivity index (χ3n) is 3.73. The molecule has 1 saturated carbocycles. The van der Waals surface area contributed by atoms with Gasteiger partial charge in [0.15, 0.2) is 0 Å². The first kappa shape index (κ1) is 13.4. The minimum Gasteiger partial charge on any atom is -0.342 e. The van der Waals surface area contributed by atoms with E-state index in [9.17, 15) is 4.79 Å². The van der Waals surface area contributed by atoms with Crippen LogP contribution in [0.5, 0.6) is 0 Å². The summed E-state index contributed by atoms with van der Waals surface area (Å²) in [5.41, 5.74) is 2.72. The molecule has 0 radical (unpaired) electrons. The molecule has 1 N–H and O–H groups in total. The van der Waals surface area contributed by atoms with E-state index in [1.54, 1.807) is 0 Å². The smallest absolute Gasteiger partial charge is 0.313 e. The number of carbonyl (C=O) groups excluding carboxylic acids is 1. The van der Waals surface area contributed by atoms with E-state index in [4.69, 9.17) is 11.6 Å². The van der Waals surface area contributed by atoms with Gasteiger partial charge in [-0.1, -0.05) is 43.5 Å². The van der Waals surface area contributed by atoms with Gasteiger partial charge in [-0.3, -0.25) is 4.79 Å². The molecule has 1 aliphatic carbocycles. The highest BCUT2D eigenvalue weighted by Gasteiger charge is 2.14. The quantitative estimate of drug-likeness (QED) is 0.641. The predicted octanol–water partition coefficient (Wildman–Crippen LogP) is 4.23. The molecule has 0 unspecified atom stereocenters. The lowest BCUT2D eigenvalue weighted by atomic mass is 9.84. The Bertz CT molecular complexity index is 382. The Morgan fingerprint density at radius 3 is 2.44 bits per heavy atom. The van der Waals surface area contributed by atoms with Gasteiger partial charge in [0.05, 0.1) is 0 Å². The van der Waals surface area contributed by atoms with Gasteiger partial charge < -0.3 is 5.32 Å². The molecular formula is C15H20ClNO. The van der Waals surface area contributed by atoms with Gasteiger partial charge in [-0.25, -0.2) is 0 Å². The van der Waals surface area contributed by atoms with Crippen LogP contribution in [0.2, 0.25) is 0 Å². The molecule has 0 atom stereocenters. The van der Waals surface area contributed by atoms with Crippen LogP contribution in [0.25, 0.3) is 0 Å². The Labute approximate surface area is 114 Å². The lowest BCUT2D eigenvalue weighted by molar-refractivity contribution is 0.260. The number of benzene rings is 1. The first-order valence-corrected chi connectivity index (χ1v) is 7.15. The summed E-state index contributed by atoms with van der Waals surface area (Å²) < 4.78 is 0. The lowest BCUT2D eigenvalue weighted by Gasteiger charge is -2.22. The molecule has 98 valence electrons. The van der Waals surface area contributed by atoms with Crippen LogP contribution in [-0.2, 0) is 6.42 Å². The number of hydrogen-bond donors (Lipinski definition) is 1. The summed E-state index contributed by atoms with van der Waals surface area (Å²) in [6.45, 7) is 0.602. The molecule has 0 bridgehead atoms. The number of nitrogens with one attached hydrogen (secondary N) is 1. The fraction of sp³-hybridized carbons (Fsp3) is 0.533. The van der Waals surface area contributed by atoms with E-state index in [0.717, 1.165) is 12.3 Å². The van der Waals surface area contributed by atoms with Gasteiger partial charge in [-0.2, -0.15) is 0 Å². The van der Waals surface area contributed by atoms with Crippen molar-refractivity contribution >= 4 is 17.0 Å². The fourth-order valence-corrected chi connectivity index (χ4v) is 2.79. The Kier molecular flexibility index (Phi) is 5.06. The Balaban J connectivity index is 1.86. The van der Waals surface area contributed by atoms with Gasteiger partial charge in [0.25, 0.3) is 0 Å². The van der Waals surface area contributed by atoms with Crippen LogP contribution in [0.15, 0.2) is 24.3 Å². The van der Waals surface area contributed by atoms with Crippen molar-refractivity contribution in [2.24, 2.45) is 0 Å². The molecule has 0 heterocycles. The zero-order valence-electron chi connectivity index (χ0n) is 10.6. The van der Waals surface area contributed by atoms with Crippen molar-refractivity contribution in [3.8, 4) is 0 Å². The minimum atomic E-state index is -0.478. The van der Waals surface area contributed by atoms with Crippen LogP contribution in [0, 0.1) is 0 Å². The lowest BCUT2D eigenvalue weighted by Crippen LogP contribution is -2.19. The summed E-state index contributed by atoms with van der Waals surface area (Å²) >= 11 is 5.22. The average molecular weight is 266 g/mol. The van der Waals surface area contributed by atoms with Crippen LogP contribution in [-0.4, -0.2) is 11.9 Å². The Morgan fingerprint density at radius 2 is 1.83 bits per heavy atom. The summed E-state index contributed by atoms with van der Waals surface area (Å²) in [5, 5.41) is 2.12. The fourth-order valence-electron chi connectivity index (χ4n) is 2.70. The monoisotopic (exact) mass is 265 g/mol. The highest BCUT2D eigenvalue weighted by atomic mass is 35.5. The molecule has 1 aliphatic rings. The maximum Gasteiger partial charge on any atom is 0.313 e. The van der Waals surface area contributed by atoms with Gasteiger partial charge in [0.1, 0.15) is 0 Å². The highest BCUT2D eigenvalue weighted by molar-refractivity contribution is 6.62. The number of carbonyl (C=O) groups is 1. The van der Waals surface area contributed by atoms with E-state index < -0.39 is 5.37 Å². The molecule has 3 heteroatoms. The molecule has 0 saturated heterocycles. The van der Waals surface area contributed by atoms with Crippen LogP contribution in [0.3, 0.4) is 0 Å². The average Bonchev–Trinajstić information content (AvgIpc) is 2.40. The standard InChI is InChI=1S/C15H20ClNO/c16-15(18)17-11-10-12-6-8-14(9-7-12)13-4-2-1-3-5-13/h6-9,13H,1-5,10-11H2,(H,17,18). The van der Waals surface area contributed by atoms with E-state index in [-0.39, 0.29) is 0 Å². The second kappa shape index (κ2) is 6.79. The first-order valence-electron chi connectivity index (χ1n) is 6.78. The Morgan fingerprint density at radius 1 is 1.17 bits per heavy atom. The number of halogens is 1. The van der Waals surface area contributed by atoms with Crippen molar-refractivity contribution in [3.63, 3.8) is 0 Å². The normalized spacial score (nSPS) is 16.5. The molecule has 1 aromatic carbocycles. The summed E-state index contributed by atoms with van der Waals surface area (Å²) in [4.78, 5) is 10.5. The highest BCUT2D eigenvalue weighted by Crippen LogP contribution is 2.32. The Hall–Kier alpha value is -1.02. The number of hydrogen-bond acceptors (Lipinski definition) is 1. The zero-order chi connectivity index (χ0) is 12.8. The molecule has 0 aromatic heterocycles. The third kappa shape index (κ3) is 4.02. The van der Waals surface area contributed by atoms with Crippen LogP contribution in [0.1, 0.15) is 49.1 Å². The molecular weight excluding hydrogens is 246 g/mol. The van der Waals surface area contributed by atoms with Crippen molar-refractivity contribution in [1.29, 1.82) is 0 Å². The molecule has 1 amide bonds. The van der Waals surface area contributed by atoms with E-state index in [1.165, 1.54) is 43.2 Å². The summed E-state index contributed by atoms with van der Waals surface area (Å²) in [5.74, 6) is 0.760. The molecule has 0 aliphatic heterocycles. The van der Waals surface area contributed by atoms with Gasteiger partial charge in [-0.15, -0.1) is 0 Å². The van der Waals surface area contributed by atoms with Crippen molar-refractivity contribution in [2.75, 3.05) is 6.54 Å². The molecule has 1 aromatic rings. The second-order valence-corrected chi connectivity index (χ2v) is 5.37. The minimum absolute atomic E-state index is 0.478. The van der Waals surface area contributed by atoms with E-state index >= 15 is 0 Å². The topological polar surface area (TPSA) is 29.1 Å². The number of rotatable bonds is 4. The van der Waals surface area contributed by atoms with Gasteiger partial charge in [0, 0.05) is 6.54 Å². The van der Waals surface area contributed by atoms with E-state index in [2.05, 4.69) is 29.6 Å². The molecule has 18 heavy (non-hydrogen) atoms. The maximum atomic E-state index is 10.5. The zero-order valence-corrected chi connectivity index (χ0v) is 11.4. The summed E-state index contributed by atoms with van der Waals surface area (Å²) in [7, 11) is 0. The molecule has 2 rings (SSSR count). The largest absolute Gasteiger partial charge is 0.342 e. The second-order valence-electron chi connectivity index (χ2n) is 5.03. The van der Waals surface area contributed by atoms with E-state index in [0.29, 0.717) is 6.54 Å². The van der Waals surface area contributed by atoms with Crippen molar-refractivity contribution in [1.82, 2.24) is 5.32 Å². The van der Waals surface area contributed by atoms with Crippen molar-refractivity contribution < 1.29 is 4.79 Å². The summed E-state index contributed by atoms with van der Waals surface area (Å²) in [6.07, 6.45) is 7.64. The third-order valence-corrected chi connectivity index (χ3v) is 3.87. The molecule has 2 nitrogen and oxygen atoms in total. The van der Waals surface area contributed by atoms with Crippen molar-refractivity contribution in [3.05, 3.63) is 35.4 Å². The van der Waals surface area contributed by atoms with Crippen LogP contribution < -0.4 is 5.32 Å². The molecule has 1 fully saturated rings. The molecule has 0 spiro atoms. The predicted molar refractivity (Wildman–Crippen MR) is 75.2 cm³/mol. The van der Waals surface area contributed by atoms with Gasteiger partial charge in [0.2, 0.25) is 0 Å². The van der Waals surface area contributed by atoms with Gasteiger partial charge in [-0.05, 0) is 47.9 Å².